The molecule has 0 aliphatic carbocycles. The predicted octanol–water partition coefficient (Wildman–Crippen LogP) is 5.55. The molecular weight excluding hydrogens is 368 g/mol. The SMILES string of the molecule is CC(C)CCCCCCCCCCCCCCC(=O)O.CCC(CO)(CO)CO. The van der Waals surface area contributed by atoms with E-state index in [9.17, 15) is 4.79 Å². The topological polar surface area (TPSA) is 98.0 Å². The van der Waals surface area contributed by atoms with Crippen molar-refractivity contribution < 1.29 is 25.2 Å². The molecule has 0 radical (unpaired) electrons. The average Bonchev–Trinajstić information content (AvgIpc) is 2.70. The number of aliphatic hydroxyl groups excluding tert-OH is 3. The maximum Gasteiger partial charge on any atom is 0.303 e. The summed E-state index contributed by atoms with van der Waals surface area (Å²) < 4.78 is 0. The second kappa shape index (κ2) is 22.0. The summed E-state index contributed by atoms with van der Waals surface area (Å²) in [5.41, 5.74) is -0.667. The van der Waals surface area contributed by atoms with Gasteiger partial charge in [-0.15, -0.1) is 0 Å². The van der Waals surface area contributed by atoms with Crippen molar-refractivity contribution in [2.75, 3.05) is 19.8 Å². The minimum absolute atomic E-state index is 0.156. The smallest absolute Gasteiger partial charge is 0.303 e. The van der Waals surface area contributed by atoms with Crippen LogP contribution in [0.15, 0.2) is 0 Å². The molecule has 5 nitrogen and oxygen atoms in total. The lowest BCUT2D eigenvalue weighted by atomic mass is 9.88. The highest BCUT2D eigenvalue weighted by Crippen LogP contribution is 2.18. The Bertz CT molecular complexity index is 323. The zero-order valence-electron chi connectivity index (χ0n) is 19.5. The number of carboxylic acid groups (broad SMARTS) is 1. The Morgan fingerprint density at radius 2 is 1.03 bits per heavy atom. The van der Waals surface area contributed by atoms with E-state index in [2.05, 4.69) is 13.8 Å². The molecule has 0 aromatic carbocycles. The van der Waals surface area contributed by atoms with E-state index < -0.39 is 11.4 Å². The van der Waals surface area contributed by atoms with Gasteiger partial charge >= 0.3 is 5.97 Å². The molecular formula is C24H50O5. The van der Waals surface area contributed by atoms with E-state index >= 15 is 0 Å². The lowest BCUT2D eigenvalue weighted by molar-refractivity contribution is -0.137. The van der Waals surface area contributed by atoms with Gasteiger partial charge in [-0.1, -0.05) is 97.8 Å². The maximum absolute atomic E-state index is 10.3. The van der Waals surface area contributed by atoms with Gasteiger partial charge in [0.1, 0.15) is 0 Å². The molecule has 0 aliphatic heterocycles. The van der Waals surface area contributed by atoms with Crippen molar-refractivity contribution in [1.29, 1.82) is 0 Å². The minimum atomic E-state index is -0.667. The standard InChI is InChI=1S/C18H36O2.C6H14O3/c1-17(2)15-13-11-9-7-5-3-4-6-8-10-12-14-16-18(19)20;1-2-6(3-7,4-8)5-9/h17H,3-16H2,1-2H3,(H,19,20);7-9H,2-5H2,1H3. The third kappa shape index (κ3) is 21.9. The summed E-state index contributed by atoms with van der Waals surface area (Å²) in [7, 11) is 0. The van der Waals surface area contributed by atoms with Crippen LogP contribution in [0.2, 0.25) is 0 Å². The van der Waals surface area contributed by atoms with Crippen molar-refractivity contribution in [3.63, 3.8) is 0 Å². The Morgan fingerprint density at radius 1 is 0.690 bits per heavy atom. The molecule has 0 atom stereocenters. The third-order valence-corrected chi connectivity index (χ3v) is 5.68. The van der Waals surface area contributed by atoms with Gasteiger partial charge in [0.15, 0.2) is 0 Å². The number of unbranched alkanes of at least 4 members (excludes halogenated alkanes) is 11. The van der Waals surface area contributed by atoms with E-state index in [0.29, 0.717) is 12.8 Å². The molecule has 0 heterocycles. The first-order chi connectivity index (χ1) is 13.9. The van der Waals surface area contributed by atoms with Crippen LogP contribution in [0.1, 0.15) is 117 Å². The van der Waals surface area contributed by atoms with Gasteiger partial charge in [-0.2, -0.15) is 0 Å². The summed E-state index contributed by atoms with van der Waals surface area (Å²) in [4.78, 5) is 10.3. The quantitative estimate of drug-likeness (QED) is 0.206. The normalized spacial score (nSPS) is 11.4. The first-order valence-corrected chi connectivity index (χ1v) is 11.9. The number of carboxylic acids is 1. The largest absolute Gasteiger partial charge is 0.481 e. The summed E-state index contributed by atoms with van der Waals surface area (Å²) in [5, 5.41) is 34.5. The molecule has 0 aromatic rings. The Labute approximate surface area is 179 Å². The molecule has 29 heavy (non-hydrogen) atoms. The van der Waals surface area contributed by atoms with Crippen molar-refractivity contribution in [3.05, 3.63) is 0 Å². The van der Waals surface area contributed by atoms with Crippen LogP contribution in [0.4, 0.5) is 0 Å². The van der Waals surface area contributed by atoms with E-state index in [0.717, 1.165) is 18.8 Å². The van der Waals surface area contributed by atoms with Gasteiger partial charge in [0.2, 0.25) is 0 Å². The van der Waals surface area contributed by atoms with E-state index in [-0.39, 0.29) is 19.8 Å². The van der Waals surface area contributed by atoms with Crippen molar-refractivity contribution >= 4 is 5.97 Å². The van der Waals surface area contributed by atoms with Gasteiger partial charge in [0.25, 0.3) is 0 Å². The van der Waals surface area contributed by atoms with E-state index in [1.165, 1.54) is 70.6 Å². The van der Waals surface area contributed by atoms with Crippen molar-refractivity contribution in [2.24, 2.45) is 11.3 Å². The Hall–Kier alpha value is -0.650. The van der Waals surface area contributed by atoms with Crippen LogP contribution < -0.4 is 0 Å². The molecule has 0 amide bonds. The number of aliphatic carboxylic acids is 1. The second-order valence-electron chi connectivity index (χ2n) is 8.90. The Kier molecular flexibility index (Phi) is 23.2. The van der Waals surface area contributed by atoms with Gasteiger partial charge in [-0.3, -0.25) is 4.79 Å². The van der Waals surface area contributed by atoms with Gasteiger partial charge in [-0.25, -0.2) is 0 Å². The van der Waals surface area contributed by atoms with Crippen LogP contribution in [0.3, 0.4) is 0 Å². The van der Waals surface area contributed by atoms with Crippen molar-refractivity contribution in [3.8, 4) is 0 Å². The molecule has 0 aliphatic rings. The zero-order valence-corrected chi connectivity index (χ0v) is 19.5. The molecule has 0 saturated carbocycles. The summed E-state index contributed by atoms with van der Waals surface area (Å²) in [6.45, 7) is 5.97. The van der Waals surface area contributed by atoms with Gasteiger partial charge < -0.3 is 20.4 Å². The van der Waals surface area contributed by atoms with E-state index in [1.54, 1.807) is 0 Å². The summed E-state index contributed by atoms with van der Waals surface area (Å²) >= 11 is 0. The molecule has 0 bridgehead atoms. The monoisotopic (exact) mass is 418 g/mol. The summed E-state index contributed by atoms with van der Waals surface area (Å²) in [5.74, 6) is 0.212. The molecule has 5 heteroatoms. The average molecular weight is 419 g/mol. The lowest BCUT2D eigenvalue weighted by Crippen LogP contribution is -2.32. The molecule has 0 saturated heterocycles. The van der Waals surface area contributed by atoms with Gasteiger partial charge in [0.05, 0.1) is 19.8 Å². The van der Waals surface area contributed by atoms with Crippen LogP contribution in [0, 0.1) is 11.3 Å². The van der Waals surface area contributed by atoms with Crippen LogP contribution in [0.25, 0.3) is 0 Å². The fourth-order valence-corrected chi connectivity index (χ4v) is 3.08. The van der Waals surface area contributed by atoms with Crippen LogP contribution in [-0.2, 0) is 4.79 Å². The lowest BCUT2D eigenvalue weighted by Gasteiger charge is -2.24. The number of rotatable bonds is 19. The molecule has 0 fully saturated rings. The highest BCUT2D eigenvalue weighted by molar-refractivity contribution is 5.66. The number of aliphatic hydroxyl groups is 3. The Balaban J connectivity index is 0. The van der Waals surface area contributed by atoms with Crippen LogP contribution >= 0.6 is 0 Å². The Morgan fingerprint density at radius 3 is 1.28 bits per heavy atom. The summed E-state index contributed by atoms with van der Waals surface area (Å²) in [6, 6.07) is 0. The zero-order chi connectivity index (χ0) is 22.4. The molecule has 4 N–H and O–H groups in total. The maximum atomic E-state index is 10.3. The van der Waals surface area contributed by atoms with E-state index in [4.69, 9.17) is 20.4 Å². The predicted molar refractivity (Wildman–Crippen MR) is 121 cm³/mol. The highest BCUT2D eigenvalue weighted by atomic mass is 16.4. The number of hydrogen-bond acceptors (Lipinski definition) is 4. The van der Waals surface area contributed by atoms with Crippen LogP contribution in [-0.4, -0.2) is 46.2 Å². The molecule has 0 unspecified atom stereocenters. The van der Waals surface area contributed by atoms with Crippen LogP contribution in [0.5, 0.6) is 0 Å². The third-order valence-electron chi connectivity index (χ3n) is 5.68. The fraction of sp³-hybridized carbons (Fsp3) is 0.958. The molecule has 0 rings (SSSR count). The second-order valence-corrected chi connectivity index (χ2v) is 8.90. The van der Waals surface area contributed by atoms with Crippen molar-refractivity contribution in [2.45, 2.75) is 117 Å². The highest BCUT2D eigenvalue weighted by Gasteiger charge is 2.24. The number of carbonyl (C=O) groups is 1. The van der Waals surface area contributed by atoms with E-state index in [1.807, 2.05) is 6.92 Å². The summed E-state index contributed by atoms with van der Waals surface area (Å²) in [6.07, 6.45) is 17.9. The molecule has 0 aromatic heterocycles. The first-order valence-electron chi connectivity index (χ1n) is 11.9. The van der Waals surface area contributed by atoms with Gasteiger partial charge in [-0.05, 0) is 18.8 Å². The first kappa shape index (κ1) is 30.5. The molecule has 0 spiro atoms. The van der Waals surface area contributed by atoms with Gasteiger partial charge in [0, 0.05) is 11.8 Å². The number of hydrogen-bond donors (Lipinski definition) is 4. The minimum Gasteiger partial charge on any atom is -0.481 e. The van der Waals surface area contributed by atoms with Crippen molar-refractivity contribution in [1.82, 2.24) is 0 Å². The molecule has 176 valence electrons. The fourth-order valence-electron chi connectivity index (χ4n) is 3.08.